The highest BCUT2D eigenvalue weighted by atomic mass is 16.6. The van der Waals surface area contributed by atoms with Crippen LogP contribution in [-0.4, -0.2) is 35.2 Å². The first-order chi connectivity index (χ1) is 8.36. The van der Waals surface area contributed by atoms with Crippen LogP contribution in [0.2, 0.25) is 0 Å². The van der Waals surface area contributed by atoms with Gasteiger partial charge in [0.15, 0.2) is 0 Å². The van der Waals surface area contributed by atoms with Crippen molar-refractivity contribution in [2.75, 3.05) is 6.54 Å². The number of fused-ring (bicyclic) bond motifs is 2. The molecule has 3 fully saturated rings. The van der Waals surface area contributed by atoms with Crippen LogP contribution >= 0.6 is 0 Å². The van der Waals surface area contributed by atoms with Gasteiger partial charge in [0.2, 0.25) is 5.91 Å². The van der Waals surface area contributed by atoms with Gasteiger partial charge in [-0.1, -0.05) is 5.16 Å². The molecule has 0 spiro atoms. The van der Waals surface area contributed by atoms with Crippen LogP contribution in [-0.2, 0) is 9.63 Å². The molecule has 92 valence electrons. The van der Waals surface area contributed by atoms with Gasteiger partial charge in [-0.2, -0.15) is 0 Å². The molecule has 2 saturated heterocycles. The summed E-state index contributed by atoms with van der Waals surface area (Å²) in [4.78, 5) is 20.2. The SMILES string of the molecule is O=C1[C@@H]2CCC[C@@H]3ON=C([C@@H]32)[C@H]2CCCCN12. The Morgan fingerprint density at radius 2 is 2.12 bits per heavy atom. The highest BCUT2D eigenvalue weighted by molar-refractivity contribution is 6.02. The van der Waals surface area contributed by atoms with E-state index >= 15 is 0 Å². The minimum atomic E-state index is 0.171. The zero-order valence-corrected chi connectivity index (χ0v) is 9.97. The van der Waals surface area contributed by atoms with E-state index in [2.05, 4.69) is 10.1 Å². The minimum Gasteiger partial charge on any atom is -0.392 e. The number of piperidine rings is 2. The Labute approximate surface area is 101 Å². The Kier molecular flexibility index (Phi) is 2.02. The number of amides is 1. The van der Waals surface area contributed by atoms with Gasteiger partial charge in [-0.05, 0) is 38.5 Å². The Hall–Kier alpha value is -1.06. The monoisotopic (exact) mass is 234 g/mol. The van der Waals surface area contributed by atoms with E-state index < -0.39 is 0 Å². The molecule has 17 heavy (non-hydrogen) atoms. The summed E-state index contributed by atoms with van der Waals surface area (Å²) in [6.07, 6.45) is 6.88. The van der Waals surface area contributed by atoms with E-state index in [-0.39, 0.29) is 18.1 Å². The van der Waals surface area contributed by atoms with E-state index in [0.717, 1.165) is 38.6 Å². The van der Waals surface area contributed by atoms with Gasteiger partial charge in [-0.15, -0.1) is 0 Å². The largest absolute Gasteiger partial charge is 0.392 e. The molecule has 1 amide bonds. The second-order valence-corrected chi connectivity index (χ2v) is 5.77. The summed E-state index contributed by atoms with van der Waals surface area (Å²) in [5, 5.41) is 4.34. The van der Waals surface area contributed by atoms with Crippen molar-refractivity contribution in [3.05, 3.63) is 0 Å². The molecule has 0 radical (unpaired) electrons. The number of oxime groups is 1. The molecule has 4 atom stereocenters. The van der Waals surface area contributed by atoms with Gasteiger partial charge in [-0.3, -0.25) is 4.79 Å². The number of rotatable bonds is 0. The van der Waals surface area contributed by atoms with E-state index in [1.165, 1.54) is 12.1 Å². The summed E-state index contributed by atoms with van der Waals surface area (Å²) in [6, 6.07) is 0.264. The van der Waals surface area contributed by atoms with Gasteiger partial charge in [0, 0.05) is 6.54 Å². The molecule has 1 aliphatic carbocycles. The van der Waals surface area contributed by atoms with Crippen LogP contribution < -0.4 is 0 Å². The zero-order chi connectivity index (χ0) is 11.4. The van der Waals surface area contributed by atoms with Gasteiger partial charge < -0.3 is 9.74 Å². The van der Waals surface area contributed by atoms with E-state index in [0.29, 0.717) is 11.8 Å². The van der Waals surface area contributed by atoms with Crippen molar-refractivity contribution in [3.63, 3.8) is 0 Å². The summed E-state index contributed by atoms with van der Waals surface area (Å²) < 4.78 is 0. The van der Waals surface area contributed by atoms with Crippen molar-refractivity contribution in [2.24, 2.45) is 17.0 Å². The molecular weight excluding hydrogens is 216 g/mol. The average molecular weight is 234 g/mol. The summed E-state index contributed by atoms with van der Waals surface area (Å²) in [5.74, 6) is 0.869. The first-order valence-electron chi connectivity index (χ1n) is 6.90. The number of hydrogen-bond acceptors (Lipinski definition) is 3. The maximum absolute atomic E-state index is 12.5. The Bertz CT molecular complexity index is 393. The summed E-state index contributed by atoms with van der Waals surface area (Å²) >= 11 is 0. The van der Waals surface area contributed by atoms with Crippen LogP contribution in [0.15, 0.2) is 5.16 Å². The summed E-state index contributed by atoms with van der Waals surface area (Å²) in [5.41, 5.74) is 1.19. The number of carbonyl (C=O) groups excluding carboxylic acids is 1. The Balaban J connectivity index is 1.74. The smallest absolute Gasteiger partial charge is 0.227 e. The molecule has 0 aromatic carbocycles. The van der Waals surface area contributed by atoms with Crippen molar-refractivity contribution < 1.29 is 9.63 Å². The third-order valence-corrected chi connectivity index (χ3v) is 4.92. The fraction of sp³-hybridized carbons (Fsp3) is 0.846. The van der Waals surface area contributed by atoms with Gasteiger partial charge in [0.05, 0.1) is 23.6 Å². The lowest BCUT2D eigenvalue weighted by atomic mass is 9.69. The highest BCUT2D eigenvalue weighted by Gasteiger charge is 2.54. The van der Waals surface area contributed by atoms with E-state index in [4.69, 9.17) is 4.84 Å². The second-order valence-electron chi connectivity index (χ2n) is 5.77. The highest BCUT2D eigenvalue weighted by Crippen LogP contribution is 2.44. The molecule has 4 heteroatoms. The predicted octanol–water partition coefficient (Wildman–Crippen LogP) is 1.55. The molecule has 0 unspecified atom stereocenters. The van der Waals surface area contributed by atoms with Crippen LogP contribution in [0.4, 0.5) is 0 Å². The molecule has 4 nitrogen and oxygen atoms in total. The van der Waals surface area contributed by atoms with Gasteiger partial charge in [0.1, 0.15) is 6.10 Å². The molecule has 0 aromatic heterocycles. The molecular formula is C13H18N2O2. The Morgan fingerprint density at radius 3 is 3.06 bits per heavy atom. The topological polar surface area (TPSA) is 41.9 Å². The molecule has 1 saturated carbocycles. The third-order valence-electron chi connectivity index (χ3n) is 4.92. The maximum Gasteiger partial charge on any atom is 0.227 e. The minimum absolute atomic E-state index is 0.171. The third kappa shape index (κ3) is 1.24. The quantitative estimate of drug-likeness (QED) is 0.638. The van der Waals surface area contributed by atoms with Crippen molar-refractivity contribution in [1.29, 1.82) is 0 Å². The number of nitrogens with zero attached hydrogens (tertiary/aromatic N) is 2. The van der Waals surface area contributed by atoms with Crippen LogP contribution in [0.1, 0.15) is 38.5 Å². The summed E-state index contributed by atoms with van der Waals surface area (Å²) in [6.45, 7) is 0.927. The average Bonchev–Trinajstić information content (AvgIpc) is 2.81. The maximum atomic E-state index is 12.5. The van der Waals surface area contributed by atoms with Crippen molar-refractivity contribution >= 4 is 11.6 Å². The first kappa shape index (κ1) is 9.92. The van der Waals surface area contributed by atoms with E-state index in [9.17, 15) is 4.79 Å². The summed E-state index contributed by atoms with van der Waals surface area (Å²) in [7, 11) is 0. The van der Waals surface area contributed by atoms with Gasteiger partial charge in [0.25, 0.3) is 0 Å². The Morgan fingerprint density at radius 1 is 1.18 bits per heavy atom. The fourth-order valence-electron chi connectivity index (χ4n) is 4.14. The lowest BCUT2D eigenvalue weighted by Gasteiger charge is -2.46. The van der Waals surface area contributed by atoms with Crippen molar-refractivity contribution in [2.45, 2.75) is 50.7 Å². The molecule has 0 bridgehead atoms. The number of hydrogen-bond donors (Lipinski definition) is 0. The molecule has 4 aliphatic rings. The molecule has 0 N–H and O–H groups in total. The van der Waals surface area contributed by atoms with E-state index in [1.54, 1.807) is 0 Å². The normalized spacial score (nSPS) is 43.6. The van der Waals surface area contributed by atoms with Crippen LogP contribution in [0.25, 0.3) is 0 Å². The molecule has 4 rings (SSSR count). The lowest BCUT2D eigenvalue weighted by Crippen LogP contribution is -2.60. The molecule has 3 aliphatic heterocycles. The lowest BCUT2D eigenvalue weighted by molar-refractivity contribution is -0.143. The van der Waals surface area contributed by atoms with Gasteiger partial charge in [-0.25, -0.2) is 0 Å². The van der Waals surface area contributed by atoms with Gasteiger partial charge >= 0.3 is 0 Å². The van der Waals surface area contributed by atoms with Crippen molar-refractivity contribution in [3.8, 4) is 0 Å². The van der Waals surface area contributed by atoms with Crippen LogP contribution in [0, 0.1) is 11.8 Å². The molecule has 0 aromatic rings. The molecule has 3 heterocycles. The standard InChI is InChI=1S/C13H18N2O2/c16-13-8-4-3-6-10-11(8)12(14-17-10)9-5-1-2-7-15(9)13/h8-11H,1-7H2/t8-,9-,10+,11-/m1/s1. The fourth-order valence-corrected chi connectivity index (χ4v) is 4.14. The second kappa shape index (κ2) is 3.47. The number of carbonyl (C=O) groups is 1. The predicted molar refractivity (Wildman–Crippen MR) is 62.5 cm³/mol. The zero-order valence-electron chi connectivity index (χ0n) is 9.97. The first-order valence-corrected chi connectivity index (χ1v) is 6.90. The van der Waals surface area contributed by atoms with Crippen LogP contribution in [0.3, 0.4) is 0 Å². The van der Waals surface area contributed by atoms with Crippen molar-refractivity contribution in [1.82, 2.24) is 4.90 Å². The van der Waals surface area contributed by atoms with E-state index in [1.807, 2.05) is 0 Å². The van der Waals surface area contributed by atoms with Crippen LogP contribution in [0.5, 0.6) is 0 Å².